The van der Waals surface area contributed by atoms with Crippen LogP contribution >= 0.6 is 11.6 Å². The van der Waals surface area contributed by atoms with E-state index in [1.807, 2.05) is 12.1 Å². The molecule has 2 heterocycles. The number of benzene rings is 3. The molecule has 1 aliphatic rings. The molecule has 0 spiro atoms. The number of Topliss-reactive ketones (excluding diaryl/α,β-unsaturated/α-hetero) is 1. The Bertz CT molecular complexity index is 1490. The Morgan fingerprint density at radius 2 is 1.83 bits per heavy atom. The molecular formula is C28H21ClFNO5. The van der Waals surface area contributed by atoms with Crippen LogP contribution in [0.2, 0.25) is 5.02 Å². The standard InChI is InChI=1S/C28H21ClFNO5/c1-35-21-4-2-3-18-15-22(36-27(18)21)25(32)23-24(17-7-11-20(30)12-8-17)31(28(34)26(23)33)14-13-16-5-9-19(29)10-6-16/h2-12,15,24,33H,13-14H2,1H3. The van der Waals surface area contributed by atoms with Crippen LogP contribution < -0.4 is 4.74 Å². The van der Waals surface area contributed by atoms with E-state index in [2.05, 4.69) is 0 Å². The molecule has 182 valence electrons. The van der Waals surface area contributed by atoms with Crippen molar-refractivity contribution in [3.8, 4) is 5.75 Å². The van der Waals surface area contributed by atoms with Crippen LogP contribution in [0.15, 0.2) is 88.5 Å². The van der Waals surface area contributed by atoms with Gasteiger partial charge in [-0.25, -0.2) is 4.39 Å². The van der Waals surface area contributed by atoms with Crippen LogP contribution in [-0.2, 0) is 11.2 Å². The summed E-state index contributed by atoms with van der Waals surface area (Å²) in [5.74, 6) is -2.03. The third-order valence-corrected chi connectivity index (χ3v) is 6.49. The van der Waals surface area contributed by atoms with Crippen LogP contribution in [0.4, 0.5) is 4.39 Å². The predicted octanol–water partition coefficient (Wildman–Crippen LogP) is 6.05. The molecule has 1 aromatic heterocycles. The molecule has 5 rings (SSSR count). The minimum atomic E-state index is -0.923. The summed E-state index contributed by atoms with van der Waals surface area (Å²) in [7, 11) is 1.49. The highest BCUT2D eigenvalue weighted by Crippen LogP contribution is 2.40. The van der Waals surface area contributed by atoms with E-state index in [0.29, 0.717) is 33.7 Å². The van der Waals surface area contributed by atoms with Gasteiger partial charge in [-0.3, -0.25) is 9.59 Å². The molecule has 0 bridgehead atoms. The third-order valence-electron chi connectivity index (χ3n) is 6.24. The molecule has 1 aliphatic heterocycles. The van der Waals surface area contributed by atoms with Gasteiger partial charge in [0, 0.05) is 17.0 Å². The van der Waals surface area contributed by atoms with Gasteiger partial charge in [-0.15, -0.1) is 0 Å². The molecule has 0 saturated heterocycles. The smallest absolute Gasteiger partial charge is 0.290 e. The van der Waals surface area contributed by atoms with Crippen molar-refractivity contribution in [3.63, 3.8) is 0 Å². The first-order chi connectivity index (χ1) is 17.4. The van der Waals surface area contributed by atoms with Gasteiger partial charge >= 0.3 is 0 Å². The van der Waals surface area contributed by atoms with Crippen LogP contribution in [0.25, 0.3) is 11.0 Å². The van der Waals surface area contributed by atoms with E-state index in [1.165, 1.54) is 36.3 Å². The molecule has 0 saturated carbocycles. The second-order valence-electron chi connectivity index (χ2n) is 8.41. The number of nitrogens with zero attached hydrogens (tertiary/aromatic N) is 1. The fourth-order valence-electron chi connectivity index (χ4n) is 4.45. The molecule has 0 aliphatic carbocycles. The highest BCUT2D eigenvalue weighted by molar-refractivity contribution is 6.30. The summed E-state index contributed by atoms with van der Waals surface area (Å²) in [4.78, 5) is 28.2. The van der Waals surface area contributed by atoms with Gasteiger partial charge in [0.15, 0.2) is 22.9 Å². The molecule has 1 atom stereocenters. The van der Waals surface area contributed by atoms with Gasteiger partial charge in [-0.2, -0.15) is 0 Å². The van der Waals surface area contributed by atoms with Crippen molar-refractivity contribution >= 4 is 34.3 Å². The Labute approximate surface area is 211 Å². The second kappa shape index (κ2) is 9.51. The van der Waals surface area contributed by atoms with Crippen molar-refractivity contribution in [3.05, 3.63) is 112 Å². The largest absolute Gasteiger partial charge is 0.503 e. The first-order valence-electron chi connectivity index (χ1n) is 11.2. The molecule has 3 aromatic carbocycles. The van der Waals surface area contributed by atoms with Crippen molar-refractivity contribution in [2.24, 2.45) is 0 Å². The molecule has 0 radical (unpaired) electrons. The van der Waals surface area contributed by atoms with E-state index in [-0.39, 0.29) is 17.9 Å². The number of ether oxygens (including phenoxy) is 1. The lowest BCUT2D eigenvalue weighted by atomic mass is 9.94. The minimum Gasteiger partial charge on any atom is -0.503 e. The van der Waals surface area contributed by atoms with Gasteiger partial charge in [-0.05, 0) is 53.9 Å². The zero-order valence-corrected chi connectivity index (χ0v) is 20.0. The zero-order valence-electron chi connectivity index (χ0n) is 19.2. The number of aliphatic hydroxyl groups is 1. The van der Waals surface area contributed by atoms with Gasteiger partial charge in [0.2, 0.25) is 5.78 Å². The molecule has 36 heavy (non-hydrogen) atoms. The summed E-state index contributed by atoms with van der Waals surface area (Å²) in [6.07, 6.45) is 0.456. The Hall–Kier alpha value is -4.10. The second-order valence-corrected chi connectivity index (χ2v) is 8.85. The fraction of sp³-hybridized carbons (Fsp3) is 0.143. The molecule has 4 aromatic rings. The highest BCUT2D eigenvalue weighted by atomic mass is 35.5. The normalized spacial score (nSPS) is 15.7. The van der Waals surface area contributed by atoms with Crippen molar-refractivity contribution < 1.29 is 28.2 Å². The van der Waals surface area contributed by atoms with Crippen molar-refractivity contribution in [2.75, 3.05) is 13.7 Å². The maximum Gasteiger partial charge on any atom is 0.290 e. The lowest BCUT2D eigenvalue weighted by molar-refractivity contribution is -0.129. The summed E-state index contributed by atoms with van der Waals surface area (Å²) in [6, 6.07) is 18.5. The summed E-state index contributed by atoms with van der Waals surface area (Å²) < 4.78 is 24.8. The number of carbonyl (C=O) groups is 2. The third kappa shape index (κ3) is 4.22. The maximum absolute atomic E-state index is 13.7. The number of rotatable bonds is 7. The monoisotopic (exact) mass is 505 g/mol. The van der Waals surface area contributed by atoms with Crippen LogP contribution in [0, 0.1) is 5.82 Å². The van der Waals surface area contributed by atoms with E-state index in [1.54, 1.807) is 36.4 Å². The van der Waals surface area contributed by atoms with E-state index in [4.69, 9.17) is 20.8 Å². The van der Waals surface area contributed by atoms with Gasteiger partial charge < -0.3 is 19.2 Å². The summed E-state index contributed by atoms with van der Waals surface area (Å²) in [5.41, 5.74) is 1.67. The highest BCUT2D eigenvalue weighted by Gasteiger charge is 2.44. The quantitative estimate of drug-likeness (QED) is 0.309. The van der Waals surface area contributed by atoms with Crippen LogP contribution in [0.3, 0.4) is 0 Å². The van der Waals surface area contributed by atoms with E-state index < -0.39 is 29.3 Å². The first-order valence-corrected chi connectivity index (χ1v) is 11.6. The Morgan fingerprint density at radius 3 is 2.53 bits per heavy atom. The van der Waals surface area contributed by atoms with Crippen LogP contribution in [0.5, 0.6) is 5.75 Å². The summed E-state index contributed by atoms with van der Waals surface area (Å²) >= 11 is 5.97. The number of hydrogen-bond donors (Lipinski definition) is 1. The van der Waals surface area contributed by atoms with Gasteiger partial charge in [0.05, 0.1) is 18.7 Å². The van der Waals surface area contributed by atoms with Crippen molar-refractivity contribution in [1.29, 1.82) is 0 Å². The van der Waals surface area contributed by atoms with Gasteiger partial charge in [-0.1, -0.05) is 48.0 Å². The molecule has 8 heteroatoms. The molecule has 0 fully saturated rings. The minimum absolute atomic E-state index is 0.0458. The lowest BCUT2D eigenvalue weighted by Crippen LogP contribution is -2.33. The number of methoxy groups -OCH3 is 1. The lowest BCUT2D eigenvalue weighted by Gasteiger charge is -2.26. The number of carbonyl (C=O) groups excluding carboxylic acids is 2. The molecular weight excluding hydrogens is 485 g/mol. The van der Waals surface area contributed by atoms with Gasteiger partial charge in [0.25, 0.3) is 5.91 Å². The maximum atomic E-state index is 13.7. The number of amides is 1. The Kier molecular flexibility index (Phi) is 6.24. The topological polar surface area (TPSA) is 80.0 Å². The van der Waals surface area contributed by atoms with Crippen LogP contribution in [-0.4, -0.2) is 35.4 Å². The number of aliphatic hydroxyl groups excluding tert-OH is 1. The summed E-state index contributed by atoms with van der Waals surface area (Å²) in [5, 5.41) is 12.1. The van der Waals surface area contributed by atoms with E-state index >= 15 is 0 Å². The van der Waals surface area contributed by atoms with E-state index in [0.717, 1.165) is 5.56 Å². The average Bonchev–Trinajstić information content (AvgIpc) is 3.43. The van der Waals surface area contributed by atoms with Crippen LogP contribution in [0.1, 0.15) is 27.7 Å². The average molecular weight is 506 g/mol. The molecule has 1 amide bonds. The molecule has 1 unspecified atom stereocenters. The number of halogens is 2. The van der Waals surface area contributed by atoms with Crippen molar-refractivity contribution in [1.82, 2.24) is 4.90 Å². The summed E-state index contributed by atoms with van der Waals surface area (Å²) in [6.45, 7) is 0.206. The Morgan fingerprint density at radius 1 is 1.11 bits per heavy atom. The fourth-order valence-corrected chi connectivity index (χ4v) is 4.58. The van der Waals surface area contributed by atoms with Crippen molar-refractivity contribution in [2.45, 2.75) is 12.5 Å². The number of furan rings is 1. The molecule has 1 N–H and O–H groups in total. The van der Waals surface area contributed by atoms with Gasteiger partial charge in [0.1, 0.15) is 5.82 Å². The number of hydrogen-bond acceptors (Lipinski definition) is 5. The first kappa shape index (κ1) is 23.6. The SMILES string of the molecule is COc1cccc2cc(C(=O)C3=C(O)C(=O)N(CCc4ccc(Cl)cc4)C3c3ccc(F)cc3)oc12. The Balaban J connectivity index is 1.54. The zero-order chi connectivity index (χ0) is 25.4. The number of fused-ring (bicyclic) bond motifs is 1. The number of ketones is 1. The van der Waals surface area contributed by atoms with E-state index in [9.17, 15) is 19.1 Å². The number of para-hydroxylation sites is 1. The molecule has 6 nitrogen and oxygen atoms in total. The predicted molar refractivity (Wildman–Crippen MR) is 133 cm³/mol.